The van der Waals surface area contributed by atoms with Gasteiger partial charge in [0.1, 0.15) is 11.6 Å². The van der Waals surface area contributed by atoms with Gasteiger partial charge in [-0.3, -0.25) is 4.79 Å². The Bertz CT molecular complexity index is 885. The minimum Gasteiger partial charge on any atom is -0.493 e. The Balaban J connectivity index is 2.04. The zero-order valence-electron chi connectivity index (χ0n) is 14.4. The van der Waals surface area contributed by atoms with E-state index < -0.39 is 15.9 Å². The quantitative estimate of drug-likeness (QED) is 0.652. The van der Waals surface area contributed by atoms with Crippen LogP contribution < -0.4 is 15.2 Å². The third-order valence-corrected chi connectivity index (χ3v) is 5.16. The fraction of sp³-hybridized carbons (Fsp3) is 0.278. The van der Waals surface area contributed by atoms with Crippen LogP contribution in [0.15, 0.2) is 47.4 Å². The van der Waals surface area contributed by atoms with E-state index in [0.717, 1.165) is 0 Å². The molecule has 26 heavy (non-hydrogen) atoms. The third kappa shape index (κ3) is 5.03. The molecule has 0 spiro atoms. The van der Waals surface area contributed by atoms with E-state index >= 15 is 0 Å². The fourth-order valence-corrected chi connectivity index (χ4v) is 3.52. The van der Waals surface area contributed by atoms with E-state index in [4.69, 9.17) is 10.5 Å². The normalized spacial score (nSPS) is 11.3. The number of hydrogen-bond donors (Lipinski definition) is 2. The number of hydrogen-bond acceptors (Lipinski definition) is 4. The van der Waals surface area contributed by atoms with Crippen molar-refractivity contribution in [1.29, 1.82) is 0 Å². The first kappa shape index (κ1) is 19.9. The molecule has 0 aliphatic carbocycles. The van der Waals surface area contributed by atoms with Crippen LogP contribution in [0.3, 0.4) is 0 Å². The lowest BCUT2D eigenvalue weighted by Crippen LogP contribution is -2.26. The predicted octanol–water partition coefficient (Wildman–Crippen LogP) is 2.23. The first-order chi connectivity index (χ1) is 12.3. The summed E-state index contributed by atoms with van der Waals surface area (Å²) in [5.74, 6) is -0.850. The molecule has 0 aliphatic rings. The molecule has 0 radical (unpaired) electrons. The van der Waals surface area contributed by atoms with Crippen molar-refractivity contribution in [3.8, 4) is 5.75 Å². The first-order valence-electron chi connectivity index (χ1n) is 8.15. The maximum absolute atomic E-state index is 13.5. The van der Waals surface area contributed by atoms with Crippen molar-refractivity contribution in [1.82, 2.24) is 4.72 Å². The molecule has 0 unspecified atom stereocenters. The van der Waals surface area contributed by atoms with Crippen molar-refractivity contribution in [3.05, 3.63) is 59.4 Å². The van der Waals surface area contributed by atoms with Gasteiger partial charge in [-0.05, 0) is 49.6 Å². The summed E-state index contributed by atoms with van der Waals surface area (Å²) in [4.78, 5) is 11.4. The number of halogens is 1. The smallest absolute Gasteiger partial charge is 0.252 e. The van der Waals surface area contributed by atoms with Crippen LogP contribution in [0.1, 0.15) is 29.3 Å². The van der Waals surface area contributed by atoms with Crippen molar-refractivity contribution in [3.63, 3.8) is 0 Å². The second-order valence-electron chi connectivity index (χ2n) is 5.55. The molecule has 0 saturated heterocycles. The number of nitrogens with one attached hydrogen (secondary N) is 1. The zero-order chi connectivity index (χ0) is 19.2. The first-order valence-corrected chi connectivity index (χ1v) is 9.63. The Labute approximate surface area is 152 Å². The molecule has 140 valence electrons. The number of aryl methyl sites for hydroxylation is 1. The molecule has 2 aromatic rings. The van der Waals surface area contributed by atoms with Gasteiger partial charge in [-0.15, -0.1) is 0 Å². The van der Waals surface area contributed by atoms with Crippen LogP contribution in [0.4, 0.5) is 4.39 Å². The minimum atomic E-state index is -3.82. The molecule has 2 aromatic carbocycles. The number of nitrogens with two attached hydrogens (primary N) is 1. The predicted molar refractivity (Wildman–Crippen MR) is 96.0 cm³/mol. The number of carbonyl (C=O) groups is 1. The van der Waals surface area contributed by atoms with Gasteiger partial charge in [-0.25, -0.2) is 17.5 Å². The van der Waals surface area contributed by atoms with Crippen LogP contribution in [-0.4, -0.2) is 27.5 Å². The summed E-state index contributed by atoms with van der Waals surface area (Å²) in [6.07, 6.45) is 0.838. The molecular formula is C18H21FN2O4S. The number of carbonyl (C=O) groups excluding carboxylic acids is 1. The molecule has 0 aliphatic heterocycles. The van der Waals surface area contributed by atoms with Crippen molar-refractivity contribution >= 4 is 15.9 Å². The second kappa shape index (κ2) is 8.77. The summed E-state index contributed by atoms with van der Waals surface area (Å²) in [5, 5.41) is 0. The summed E-state index contributed by atoms with van der Waals surface area (Å²) < 4.78 is 46.0. The van der Waals surface area contributed by atoms with Crippen LogP contribution in [0, 0.1) is 5.82 Å². The molecular weight excluding hydrogens is 359 g/mol. The Kier molecular flexibility index (Phi) is 6.70. The van der Waals surface area contributed by atoms with Crippen LogP contribution >= 0.6 is 0 Å². The van der Waals surface area contributed by atoms with E-state index in [2.05, 4.69) is 4.72 Å². The average Bonchev–Trinajstić information content (AvgIpc) is 2.60. The van der Waals surface area contributed by atoms with Crippen molar-refractivity contribution in [2.45, 2.75) is 24.7 Å². The van der Waals surface area contributed by atoms with E-state index in [1.165, 1.54) is 24.3 Å². The number of benzene rings is 2. The van der Waals surface area contributed by atoms with Gasteiger partial charge in [0, 0.05) is 6.54 Å². The van der Waals surface area contributed by atoms with Gasteiger partial charge in [-0.2, -0.15) is 0 Å². The Hall–Kier alpha value is -2.45. The fourth-order valence-electron chi connectivity index (χ4n) is 2.42. The molecule has 0 atom stereocenters. The van der Waals surface area contributed by atoms with Crippen molar-refractivity contribution in [2.24, 2.45) is 5.73 Å². The number of rotatable bonds is 9. The summed E-state index contributed by atoms with van der Waals surface area (Å²) >= 11 is 0. The Morgan fingerprint density at radius 1 is 1.23 bits per heavy atom. The molecule has 0 aromatic heterocycles. The molecule has 0 bridgehead atoms. The Morgan fingerprint density at radius 3 is 2.62 bits per heavy atom. The molecule has 8 heteroatoms. The molecule has 0 saturated carbocycles. The second-order valence-corrected chi connectivity index (χ2v) is 7.31. The SMILES string of the molecule is CCOc1ccc(S(=O)(=O)NCCCc2ccccc2F)cc1C(N)=O. The summed E-state index contributed by atoms with van der Waals surface area (Å²) in [7, 11) is -3.82. The van der Waals surface area contributed by atoms with Crippen LogP contribution in [0.25, 0.3) is 0 Å². The highest BCUT2D eigenvalue weighted by Gasteiger charge is 2.18. The largest absolute Gasteiger partial charge is 0.493 e. The molecule has 0 heterocycles. The van der Waals surface area contributed by atoms with E-state index in [1.807, 2.05) is 0 Å². The average molecular weight is 380 g/mol. The summed E-state index contributed by atoms with van der Waals surface area (Å²) in [5.41, 5.74) is 5.82. The van der Waals surface area contributed by atoms with Gasteiger partial charge in [0.05, 0.1) is 17.1 Å². The number of sulfonamides is 1. The van der Waals surface area contributed by atoms with Crippen molar-refractivity contribution in [2.75, 3.05) is 13.2 Å². The van der Waals surface area contributed by atoms with Gasteiger partial charge in [0.15, 0.2) is 0 Å². The Morgan fingerprint density at radius 2 is 1.96 bits per heavy atom. The summed E-state index contributed by atoms with van der Waals surface area (Å²) in [6.45, 7) is 2.20. The number of amides is 1. The highest BCUT2D eigenvalue weighted by Crippen LogP contribution is 2.22. The third-order valence-electron chi connectivity index (χ3n) is 3.70. The minimum absolute atomic E-state index is 0.00100. The van der Waals surface area contributed by atoms with Gasteiger partial charge < -0.3 is 10.5 Å². The van der Waals surface area contributed by atoms with E-state index in [-0.39, 0.29) is 28.6 Å². The lowest BCUT2D eigenvalue weighted by molar-refractivity contribution is 0.0996. The van der Waals surface area contributed by atoms with Gasteiger partial charge in [0.25, 0.3) is 5.91 Å². The van der Waals surface area contributed by atoms with E-state index in [0.29, 0.717) is 25.0 Å². The number of ether oxygens (including phenoxy) is 1. The lowest BCUT2D eigenvalue weighted by atomic mass is 10.1. The molecule has 0 fully saturated rings. The maximum atomic E-state index is 13.5. The monoisotopic (exact) mass is 380 g/mol. The van der Waals surface area contributed by atoms with E-state index in [1.54, 1.807) is 25.1 Å². The summed E-state index contributed by atoms with van der Waals surface area (Å²) in [6, 6.07) is 10.3. The highest BCUT2D eigenvalue weighted by atomic mass is 32.2. The number of primary amides is 1. The van der Waals surface area contributed by atoms with Gasteiger partial charge >= 0.3 is 0 Å². The molecule has 1 amide bonds. The van der Waals surface area contributed by atoms with Crippen molar-refractivity contribution < 1.29 is 22.3 Å². The molecule has 3 N–H and O–H groups in total. The highest BCUT2D eigenvalue weighted by molar-refractivity contribution is 7.89. The molecule has 6 nitrogen and oxygen atoms in total. The standard InChI is InChI=1S/C18H21FN2O4S/c1-2-25-17-10-9-14(12-15(17)18(20)22)26(23,24)21-11-5-7-13-6-3-4-8-16(13)19/h3-4,6,8-10,12,21H,2,5,7,11H2,1H3,(H2,20,22). The van der Waals surface area contributed by atoms with Crippen LogP contribution in [-0.2, 0) is 16.4 Å². The zero-order valence-corrected chi connectivity index (χ0v) is 15.2. The van der Waals surface area contributed by atoms with Gasteiger partial charge in [0.2, 0.25) is 10.0 Å². The maximum Gasteiger partial charge on any atom is 0.252 e. The topological polar surface area (TPSA) is 98.5 Å². The lowest BCUT2D eigenvalue weighted by Gasteiger charge is -2.11. The van der Waals surface area contributed by atoms with Gasteiger partial charge in [-0.1, -0.05) is 18.2 Å². The molecule has 2 rings (SSSR count). The van der Waals surface area contributed by atoms with E-state index in [9.17, 15) is 17.6 Å². The van der Waals surface area contributed by atoms with Crippen LogP contribution in [0.2, 0.25) is 0 Å². The van der Waals surface area contributed by atoms with Crippen LogP contribution in [0.5, 0.6) is 5.75 Å².